The van der Waals surface area contributed by atoms with Gasteiger partial charge >= 0.3 is 6.09 Å². The molecule has 3 aromatic rings. The number of hydrogen-bond acceptors (Lipinski definition) is 4. The number of carbonyl (C=O) groups excluding carboxylic acids is 2. The van der Waals surface area contributed by atoms with E-state index in [9.17, 15) is 14.0 Å². The monoisotopic (exact) mass is 469 g/mol. The molecule has 2 bridgehead atoms. The quantitative estimate of drug-likeness (QED) is 0.477. The first-order chi connectivity index (χ1) is 17.2. The van der Waals surface area contributed by atoms with Gasteiger partial charge in [0.05, 0.1) is 30.9 Å². The van der Waals surface area contributed by atoms with Crippen molar-refractivity contribution in [3.63, 3.8) is 0 Å². The van der Waals surface area contributed by atoms with Crippen molar-refractivity contribution in [1.29, 1.82) is 0 Å². The van der Waals surface area contributed by atoms with Crippen LogP contribution in [0, 0.1) is 5.82 Å². The van der Waals surface area contributed by atoms with E-state index in [1.807, 2.05) is 30.3 Å². The van der Waals surface area contributed by atoms with Gasteiger partial charge in [-0.1, -0.05) is 66.7 Å². The Hall–Kier alpha value is -3.77. The molecule has 1 aliphatic carbocycles. The van der Waals surface area contributed by atoms with Crippen LogP contribution in [0.2, 0.25) is 0 Å². The van der Waals surface area contributed by atoms with Crippen LogP contribution in [0.15, 0.2) is 72.8 Å². The predicted molar refractivity (Wildman–Crippen MR) is 130 cm³/mol. The van der Waals surface area contributed by atoms with Crippen molar-refractivity contribution in [3.05, 3.63) is 101 Å². The van der Waals surface area contributed by atoms with E-state index in [0.717, 1.165) is 5.57 Å². The number of halogens is 1. The van der Waals surface area contributed by atoms with Gasteiger partial charge in [-0.3, -0.25) is 9.69 Å². The third kappa shape index (κ3) is 3.65. The summed E-state index contributed by atoms with van der Waals surface area (Å²) in [5, 5.41) is 0. The second-order valence-electron chi connectivity index (χ2n) is 9.18. The van der Waals surface area contributed by atoms with E-state index in [4.69, 9.17) is 9.47 Å². The summed E-state index contributed by atoms with van der Waals surface area (Å²) in [5.41, 5.74) is 6.17. The van der Waals surface area contributed by atoms with Crippen LogP contribution in [0.3, 0.4) is 0 Å². The average Bonchev–Trinajstić information content (AvgIpc) is 3.20. The normalized spacial score (nSPS) is 20.6. The number of benzene rings is 3. The Balaban J connectivity index is 1.24. The third-order valence-corrected chi connectivity index (χ3v) is 7.26. The van der Waals surface area contributed by atoms with E-state index in [1.54, 1.807) is 17.0 Å². The molecule has 0 saturated carbocycles. The minimum Gasteiger partial charge on any atom is -0.448 e. The average molecular weight is 470 g/mol. The number of aldehydes is 1. The van der Waals surface area contributed by atoms with Crippen molar-refractivity contribution in [1.82, 2.24) is 4.90 Å². The van der Waals surface area contributed by atoms with Gasteiger partial charge in [-0.15, -0.1) is 0 Å². The number of fused-ring (bicyclic) bond motifs is 5. The number of hydrogen-bond donors (Lipinski definition) is 0. The van der Waals surface area contributed by atoms with Crippen molar-refractivity contribution in [3.8, 4) is 11.1 Å². The maximum atomic E-state index is 14.2. The molecule has 3 aromatic carbocycles. The summed E-state index contributed by atoms with van der Waals surface area (Å²) in [6.45, 7) is 0.944. The molecule has 0 radical (unpaired) electrons. The molecule has 2 unspecified atom stereocenters. The van der Waals surface area contributed by atoms with E-state index in [2.05, 4.69) is 24.3 Å². The molecule has 6 heteroatoms. The summed E-state index contributed by atoms with van der Waals surface area (Å²) in [6.07, 6.45) is 2.54. The largest absolute Gasteiger partial charge is 0.448 e. The Labute approximate surface area is 202 Å². The number of ether oxygens (including phenoxy) is 2. The van der Waals surface area contributed by atoms with Gasteiger partial charge in [0.15, 0.2) is 6.29 Å². The number of nitrogens with zero attached hydrogens (tertiary/aromatic N) is 1. The van der Waals surface area contributed by atoms with Gasteiger partial charge in [0, 0.05) is 5.92 Å². The predicted octanol–water partition coefficient (Wildman–Crippen LogP) is 5.44. The highest BCUT2D eigenvalue weighted by atomic mass is 19.1. The van der Waals surface area contributed by atoms with Crippen molar-refractivity contribution >= 4 is 18.0 Å². The molecular weight excluding hydrogens is 445 g/mol. The zero-order chi connectivity index (χ0) is 23.9. The molecule has 6 rings (SSSR count). The molecule has 0 spiro atoms. The molecule has 0 aromatic heterocycles. The van der Waals surface area contributed by atoms with Crippen molar-refractivity contribution < 1.29 is 23.5 Å². The second-order valence-corrected chi connectivity index (χ2v) is 9.18. The first kappa shape index (κ1) is 21.7. The summed E-state index contributed by atoms with van der Waals surface area (Å²) >= 11 is 0. The van der Waals surface area contributed by atoms with Gasteiger partial charge in [0.25, 0.3) is 0 Å². The van der Waals surface area contributed by atoms with Crippen LogP contribution in [0.25, 0.3) is 16.7 Å². The van der Waals surface area contributed by atoms with Crippen LogP contribution in [-0.2, 0) is 9.47 Å². The maximum absolute atomic E-state index is 14.2. The molecule has 2 heterocycles. The molecular formula is C29H24FNO4. The molecule has 1 fully saturated rings. The topological polar surface area (TPSA) is 55.8 Å². The minimum absolute atomic E-state index is 0.0132. The van der Waals surface area contributed by atoms with Crippen LogP contribution < -0.4 is 0 Å². The van der Waals surface area contributed by atoms with Gasteiger partial charge in [-0.05, 0) is 45.9 Å². The summed E-state index contributed by atoms with van der Waals surface area (Å²) in [6, 6.07) is 20.5. The fourth-order valence-corrected chi connectivity index (χ4v) is 5.69. The first-order valence-electron chi connectivity index (χ1n) is 11.8. The Bertz CT molecular complexity index is 1300. The molecule has 3 aliphatic rings. The summed E-state index contributed by atoms with van der Waals surface area (Å²) in [4.78, 5) is 26.6. The lowest BCUT2D eigenvalue weighted by molar-refractivity contribution is -0.0331. The summed E-state index contributed by atoms with van der Waals surface area (Å²) < 4.78 is 25.8. The van der Waals surface area contributed by atoms with Crippen molar-refractivity contribution in [2.45, 2.75) is 24.4 Å². The lowest BCUT2D eigenvalue weighted by Crippen LogP contribution is -2.56. The summed E-state index contributed by atoms with van der Waals surface area (Å²) in [7, 11) is 0. The second kappa shape index (κ2) is 8.78. The lowest BCUT2D eigenvalue weighted by Gasteiger charge is -2.44. The summed E-state index contributed by atoms with van der Waals surface area (Å²) in [5.74, 6) is -0.556. The highest BCUT2D eigenvalue weighted by Gasteiger charge is 2.40. The Kier molecular flexibility index (Phi) is 5.46. The zero-order valence-electron chi connectivity index (χ0n) is 19.0. The van der Waals surface area contributed by atoms with Crippen molar-refractivity contribution in [2.75, 3.05) is 19.8 Å². The fraction of sp³-hybridized carbons (Fsp3) is 0.241. The van der Waals surface area contributed by atoms with Gasteiger partial charge in [-0.2, -0.15) is 0 Å². The Morgan fingerprint density at radius 1 is 0.971 bits per heavy atom. The molecule has 1 saturated heterocycles. The number of morpholine rings is 1. The molecule has 1 amide bonds. The molecule has 0 N–H and O–H groups in total. The van der Waals surface area contributed by atoms with Crippen LogP contribution in [0.5, 0.6) is 0 Å². The number of carbonyl (C=O) groups is 2. The lowest BCUT2D eigenvalue weighted by atomic mass is 9.88. The van der Waals surface area contributed by atoms with Crippen LogP contribution in [0.1, 0.15) is 39.4 Å². The van der Waals surface area contributed by atoms with E-state index < -0.39 is 5.82 Å². The van der Waals surface area contributed by atoms with Crippen LogP contribution in [-0.4, -0.2) is 49.2 Å². The van der Waals surface area contributed by atoms with E-state index in [1.165, 1.54) is 28.3 Å². The number of rotatable bonds is 4. The van der Waals surface area contributed by atoms with E-state index >= 15 is 0 Å². The molecule has 35 heavy (non-hydrogen) atoms. The minimum atomic E-state index is -0.543. The van der Waals surface area contributed by atoms with E-state index in [0.29, 0.717) is 31.5 Å². The van der Waals surface area contributed by atoms with Gasteiger partial charge in [0.2, 0.25) is 0 Å². The molecule has 2 aliphatic heterocycles. The molecule has 2 atom stereocenters. The smallest absolute Gasteiger partial charge is 0.410 e. The zero-order valence-corrected chi connectivity index (χ0v) is 19.0. The Morgan fingerprint density at radius 3 is 2.34 bits per heavy atom. The fourth-order valence-electron chi connectivity index (χ4n) is 5.69. The van der Waals surface area contributed by atoms with Crippen LogP contribution >= 0.6 is 0 Å². The molecule has 176 valence electrons. The highest BCUT2D eigenvalue weighted by molar-refractivity contribution is 5.87. The van der Waals surface area contributed by atoms with Crippen molar-refractivity contribution in [2.24, 2.45) is 0 Å². The number of amides is 1. The van der Waals surface area contributed by atoms with Gasteiger partial charge in [0.1, 0.15) is 12.4 Å². The Morgan fingerprint density at radius 2 is 1.66 bits per heavy atom. The van der Waals surface area contributed by atoms with Crippen LogP contribution in [0.4, 0.5) is 9.18 Å². The standard InChI is InChI=1S/C29H24FNO4/c30-28-11-5-10-21(26(28)14-32)18-12-19-15-34-16-20(13-18)31(19)29(33)35-17-27-24-8-3-1-6-22(24)23-7-2-4-9-25(23)27/h1-12,14,19-20,27H,13,15-17H2. The van der Waals surface area contributed by atoms with Gasteiger partial charge in [-0.25, -0.2) is 9.18 Å². The third-order valence-electron chi connectivity index (χ3n) is 7.26. The molecule has 5 nitrogen and oxygen atoms in total. The van der Waals surface area contributed by atoms with Gasteiger partial charge < -0.3 is 9.47 Å². The SMILES string of the molecule is O=Cc1c(F)cccc1C1=CC2COCC(C1)N2C(=O)OCC1c2ccccc2-c2ccccc21. The first-order valence-corrected chi connectivity index (χ1v) is 11.8. The van der Waals surface area contributed by atoms with E-state index in [-0.39, 0.29) is 36.3 Å². The highest BCUT2D eigenvalue weighted by Crippen LogP contribution is 2.44. The maximum Gasteiger partial charge on any atom is 0.410 e.